The molecule has 0 radical (unpaired) electrons. The molecule has 0 saturated carbocycles. The molecule has 94 valence electrons. The SMILES string of the molecule is C=CC(C)C(C=C)Cc1ccccc1C.CC. The Morgan fingerprint density at radius 2 is 1.71 bits per heavy atom. The van der Waals surface area contributed by atoms with Gasteiger partial charge in [-0.15, -0.1) is 13.2 Å². The Kier molecular flexibility index (Phi) is 8.13. The Morgan fingerprint density at radius 1 is 1.12 bits per heavy atom. The number of hydrogen-bond acceptors (Lipinski definition) is 0. The summed E-state index contributed by atoms with van der Waals surface area (Å²) >= 11 is 0. The van der Waals surface area contributed by atoms with Crippen LogP contribution in [0.4, 0.5) is 0 Å². The van der Waals surface area contributed by atoms with Crippen molar-refractivity contribution in [2.75, 3.05) is 0 Å². The lowest BCUT2D eigenvalue weighted by molar-refractivity contribution is 0.510. The lowest BCUT2D eigenvalue weighted by Gasteiger charge is -2.18. The van der Waals surface area contributed by atoms with Gasteiger partial charge in [0, 0.05) is 0 Å². The van der Waals surface area contributed by atoms with Gasteiger partial charge in [-0.05, 0) is 36.3 Å². The van der Waals surface area contributed by atoms with Gasteiger partial charge in [-0.3, -0.25) is 0 Å². The maximum absolute atomic E-state index is 3.91. The van der Waals surface area contributed by atoms with Gasteiger partial charge in [-0.1, -0.05) is 57.2 Å². The number of benzene rings is 1. The summed E-state index contributed by atoms with van der Waals surface area (Å²) in [6.45, 7) is 16.1. The predicted molar refractivity (Wildman–Crippen MR) is 79.3 cm³/mol. The van der Waals surface area contributed by atoms with Crippen molar-refractivity contribution in [3.05, 3.63) is 60.7 Å². The zero-order valence-electron chi connectivity index (χ0n) is 11.7. The average Bonchev–Trinajstić information content (AvgIpc) is 2.39. The minimum atomic E-state index is 0.488. The lowest BCUT2D eigenvalue weighted by Crippen LogP contribution is -2.10. The van der Waals surface area contributed by atoms with Gasteiger partial charge in [0.05, 0.1) is 0 Å². The molecule has 0 bridgehead atoms. The number of aryl methyl sites for hydroxylation is 1. The Bertz CT molecular complexity index is 336. The van der Waals surface area contributed by atoms with Crippen LogP contribution in [0, 0.1) is 18.8 Å². The quantitative estimate of drug-likeness (QED) is 0.611. The molecule has 0 saturated heterocycles. The molecule has 0 heterocycles. The van der Waals surface area contributed by atoms with Crippen LogP contribution >= 0.6 is 0 Å². The first-order valence-corrected chi connectivity index (χ1v) is 6.48. The standard InChI is InChI=1S/C15H20.C2H6/c1-5-12(3)14(6-2)11-15-10-8-7-9-13(15)4;1-2/h5-10,12,14H,1-2,11H2,3-4H3;1-2H3. The molecular weight excluding hydrogens is 204 g/mol. The molecule has 2 unspecified atom stereocenters. The Labute approximate surface area is 107 Å². The first kappa shape index (κ1) is 15.7. The van der Waals surface area contributed by atoms with Crippen molar-refractivity contribution >= 4 is 0 Å². The highest BCUT2D eigenvalue weighted by Crippen LogP contribution is 2.21. The van der Waals surface area contributed by atoms with Gasteiger partial charge in [-0.25, -0.2) is 0 Å². The summed E-state index contributed by atoms with van der Waals surface area (Å²) < 4.78 is 0. The van der Waals surface area contributed by atoms with E-state index in [1.807, 2.05) is 26.0 Å². The van der Waals surface area contributed by atoms with Crippen LogP contribution in [-0.4, -0.2) is 0 Å². The van der Waals surface area contributed by atoms with Crippen molar-refractivity contribution in [3.63, 3.8) is 0 Å². The van der Waals surface area contributed by atoms with E-state index in [-0.39, 0.29) is 0 Å². The van der Waals surface area contributed by atoms with E-state index >= 15 is 0 Å². The Balaban J connectivity index is 0.00000121. The van der Waals surface area contributed by atoms with Crippen LogP contribution in [-0.2, 0) is 6.42 Å². The zero-order chi connectivity index (χ0) is 13.3. The third kappa shape index (κ3) is 5.04. The van der Waals surface area contributed by atoms with Crippen LogP contribution in [0.25, 0.3) is 0 Å². The lowest BCUT2D eigenvalue weighted by atomic mass is 9.87. The van der Waals surface area contributed by atoms with Gasteiger partial charge in [0.2, 0.25) is 0 Å². The number of hydrogen-bond donors (Lipinski definition) is 0. The molecule has 2 atom stereocenters. The van der Waals surface area contributed by atoms with E-state index in [1.165, 1.54) is 11.1 Å². The van der Waals surface area contributed by atoms with Crippen molar-refractivity contribution in [1.82, 2.24) is 0 Å². The fraction of sp³-hybridized carbons (Fsp3) is 0.412. The molecule has 17 heavy (non-hydrogen) atoms. The normalized spacial score (nSPS) is 12.9. The van der Waals surface area contributed by atoms with E-state index in [9.17, 15) is 0 Å². The largest absolute Gasteiger partial charge is 0.103 e. The van der Waals surface area contributed by atoms with Crippen LogP contribution in [0.1, 0.15) is 31.9 Å². The summed E-state index contributed by atoms with van der Waals surface area (Å²) in [6, 6.07) is 8.54. The van der Waals surface area contributed by atoms with Gasteiger partial charge in [0.15, 0.2) is 0 Å². The van der Waals surface area contributed by atoms with E-state index in [0.717, 1.165) is 6.42 Å². The summed E-state index contributed by atoms with van der Waals surface area (Å²) in [6.07, 6.45) is 5.10. The summed E-state index contributed by atoms with van der Waals surface area (Å²) in [4.78, 5) is 0. The third-order valence-electron chi connectivity index (χ3n) is 3.07. The molecule has 0 nitrogen and oxygen atoms in total. The van der Waals surface area contributed by atoms with E-state index < -0.39 is 0 Å². The second-order valence-corrected chi connectivity index (χ2v) is 4.12. The molecule has 0 aromatic heterocycles. The predicted octanol–water partition coefficient (Wildman–Crippen LogP) is 5.19. The number of rotatable bonds is 5. The fourth-order valence-electron chi connectivity index (χ4n) is 1.75. The second-order valence-electron chi connectivity index (χ2n) is 4.12. The van der Waals surface area contributed by atoms with E-state index in [0.29, 0.717) is 11.8 Å². The average molecular weight is 230 g/mol. The maximum atomic E-state index is 3.91. The van der Waals surface area contributed by atoms with Gasteiger partial charge in [0.25, 0.3) is 0 Å². The first-order valence-electron chi connectivity index (χ1n) is 6.48. The Hall–Kier alpha value is -1.30. The molecule has 0 fully saturated rings. The third-order valence-corrected chi connectivity index (χ3v) is 3.07. The van der Waals surface area contributed by atoms with Crippen LogP contribution in [0.3, 0.4) is 0 Å². The first-order chi connectivity index (χ1) is 8.19. The van der Waals surface area contributed by atoms with Crippen LogP contribution in [0.5, 0.6) is 0 Å². The van der Waals surface area contributed by atoms with Gasteiger partial charge in [0.1, 0.15) is 0 Å². The van der Waals surface area contributed by atoms with Crippen molar-refractivity contribution in [2.24, 2.45) is 11.8 Å². The zero-order valence-corrected chi connectivity index (χ0v) is 11.7. The smallest absolute Gasteiger partial charge is 0.0135 e. The minimum Gasteiger partial charge on any atom is -0.103 e. The summed E-state index contributed by atoms with van der Waals surface area (Å²) in [5, 5.41) is 0. The molecule has 0 aliphatic carbocycles. The highest BCUT2D eigenvalue weighted by Gasteiger charge is 2.12. The highest BCUT2D eigenvalue weighted by molar-refractivity contribution is 5.26. The molecular formula is C17H26. The molecule has 0 aliphatic rings. The van der Waals surface area contributed by atoms with Crippen molar-refractivity contribution in [1.29, 1.82) is 0 Å². The molecule has 0 spiro atoms. The molecule has 1 rings (SSSR count). The second kappa shape index (κ2) is 8.81. The summed E-state index contributed by atoms with van der Waals surface area (Å²) in [7, 11) is 0. The Morgan fingerprint density at radius 3 is 2.18 bits per heavy atom. The van der Waals surface area contributed by atoms with E-state index in [1.54, 1.807) is 0 Å². The molecule has 0 aliphatic heterocycles. The minimum absolute atomic E-state index is 0.488. The highest BCUT2D eigenvalue weighted by atomic mass is 14.2. The van der Waals surface area contributed by atoms with Crippen LogP contribution in [0.15, 0.2) is 49.6 Å². The summed E-state index contributed by atoms with van der Waals surface area (Å²) in [5.74, 6) is 0.978. The number of allylic oxidation sites excluding steroid dienone is 2. The fourth-order valence-corrected chi connectivity index (χ4v) is 1.75. The van der Waals surface area contributed by atoms with Gasteiger partial charge < -0.3 is 0 Å². The molecule has 1 aromatic carbocycles. The summed E-state index contributed by atoms with van der Waals surface area (Å²) in [5.41, 5.74) is 2.77. The molecule has 0 heteroatoms. The van der Waals surface area contributed by atoms with Crippen molar-refractivity contribution in [2.45, 2.75) is 34.1 Å². The molecule has 0 N–H and O–H groups in total. The van der Waals surface area contributed by atoms with Crippen molar-refractivity contribution < 1.29 is 0 Å². The van der Waals surface area contributed by atoms with Crippen LogP contribution in [0.2, 0.25) is 0 Å². The van der Waals surface area contributed by atoms with E-state index in [4.69, 9.17) is 0 Å². The maximum Gasteiger partial charge on any atom is -0.0135 e. The van der Waals surface area contributed by atoms with E-state index in [2.05, 4.69) is 51.3 Å². The van der Waals surface area contributed by atoms with Crippen LogP contribution < -0.4 is 0 Å². The monoisotopic (exact) mass is 230 g/mol. The topological polar surface area (TPSA) is 0 Å². The molecule has 1 aromatic rings. The molecule has 0 amide bonds. The van der Waals surface area contributed by atoms with Crippen molar-refractivity contribution in [3.8, 4) is 0 Å². The van der Waals surface area contributed by atoms with Gasteiger partial charge >= 0.3 is 0 Å². The van der Waals surface area contributed by atoms with Gasteiger partial charge in [-0.2, -0.15) is 0 Å².